The van der Waals surface area contributed by atoms with Gasteiger partial charge in [0, 0.05) is 12.1 Å². The molecule has 0 aliphatic carbocycles. The first-order valence-corrected chi connectivity index (χ1v) is 5.63. The highest BCUT2D eigenvalue weighted by Gasteiger charge is 2.24. The van der Waals surface area contributed by atoms with Gasteiger partial charge in [0.25, 0.3) is 0 Å². The summed E-state index contributed by atoms with van der Waals surface area (Å²) in [6.07, 6.45) is 7.80. The van der Waals surface area contributed by atoms with Gasteiger partial charge in [-0.25, -0.2) is 0 Å². The van der Waals surface area contributed by atoms with Crippen LogP contribution in [0.15, 0.2) is 0 Å². The van der Waals surface area contributed by atoms with Crippen molar-refractivity contribution in [3.8, 4) is 12.3 Å². The summed E-state index contributed by atoms with van der Waals surface area (Å²) in [7, 11) is 0. The van der Waals surface area contributed by atoms with E-state index in [0.29, 0.717) is 12.1 Å². The van der Waals surface area contributed by atoms with E-state index < -0.39 is 0 Å². The molecule has 3 unspecified atom stereocenters. The van der Waals surface area contributed by atoms with Gasteiger partial charge in [0.05, 0.1) is 6.04 Å². The average molecular weight is 194 g/mol. The lowest BCUT2D eigenvalue weighted by molar-refractivity contribution is 0.141. The van der Waals surface area contributed by atoms with Crippen molar-refractivity contribution in [3.05, 3.63) is 0 Å². The van der Waals surface area contributed by atoms with Crippen LogP contribution >= 0.6 is 0 Å². The zero-order valence-electron chi connectivity index (χ0n) is 9.59. The molecule has 1 rings (SSSR count). The number of nitrogens with zero attached hydrogens (tertiary/aromatic N) is 1. The Hall–Kier alpha value is -0.520. The van der Waals surface area contributed by atoms with Crippen LogP contribution in [0.3, 0.4) is 0 Å². The Labute approximate surface area is 88.1 Å². The molecular formula is C12H22N2. The van der Waals surface area contributed by atoms with E-state index in [0.717, 1.165) is 0 Å². The Morgan fingerprint density at radius 1 is 1.64 bits per heavy atom. The molecule has 0 radical (unpaired) electrons. The molecule has 2 heteroatoms. The molecule has 2 nitrogen and oxygen atoms in total. The van der Waals surface area contributed by atoms with Crippen LogP contribution in [-0.4, -0.2) is 36.1 Å². The van der Waals surface area contributed by atoms with Crippen LogP contribution in [0.2, 0.25) is 0 Å². The molecule has 0 saturated carbocycles. The molecule has 1 N–H and O–H groups in total. The molecule has 0 amide bonds. The van der Waals surface area contributed by atoms with Crippen LogP contribution in [0.25, 0.3) is 0 Å². The standard InChI is InChI=1S/C12H22N2/c1-5-10(3)13-12-7-8-14(6-2)11(4)9-12/h1,10-13H,6-9H2,2-4H3. The van der Waals surface area contributed by atoms with E-state index in [2.05, 4.69) is 36.9 Å². The Balaban J connectivity index is 2.36. The molecule has 1 saturated heterocycles. The van der Waals surface area contributed by atoms with Crippen molar-refractivity contribution >= 4 is 0 Å². The smallest absolute Gasteiger partial charge is 0.0660 e. The third-order valence-electron chi connectivity index (χ3n) is 3.16. The molecule has 0 aromatic carbocycles. The summed E-state index contributed by atoms with van der Waals surface area (Å²) < 4.78 is 0. The monoisotopic (exact) mass is 194 g/mol. The Kier molecular flexibility index (Phi) is 4.44. The van der Waals surface area contributed by atoms with Crippen molar-refractivity contribution in [2.24, 2.45) is 0 Å². The highest BCUT2D eigenvalue weighted by atomic mass is 15.2. The summed E-state index contributed by atoms with van der Waals surface area (Å²) >= 11 is 0. The first kappa shape index (κ1) is 11.6. The van der Waals surface area contributed by atoms with E-state index in [-0.39, 0.29) is 6.04 Å². The number of nitrogens with one attached hydrogen (secondary N) is 1. The van der Waals surface area contributed by atoms with E-state index in [4.69, 9.17) is 6.42 Å². The van der Waals surface area contributed by atoms with E-state index in [1.54, 1.807) is 0 Å². The van der Waals surface area contributed by atoms with Gasteiger partial charge in [-0.05, 0) is 39.8 Å². The van der Waals surface area contributed by atoms with Crippen LogP contribution in [0.5, 0.6) is 0 Å². The average Bonchev–Trinajstić information content (AvgIpc) is 2.18. The van der Waals surface area contributed by atoms with Gasteiger partial charge in [-0.2, -0.15) is 0 Å². The van der Waals surface area contributed by atoms with Crippen molar-refractivity contribution in [1.29, 1.82) is 0 Å². The zero-order valence-corrected chi connectivity index (χ0v) is 9.59. The summed E-state index contributed by atoms with van der Waals surface area (Å²) in [5.74, 6) is 2.73. The molecule has 0 spiro atoms. The van der Waals surface area contributed by atoms with E-state index in [9.17, 15) is 0 Å². The molecule has 1 heterocycles. The van der Waals surface area contributed by atoms with Gasteiger partial charge in [0.2, 0.25) is 0 Å². The van der Waals surface area contributed by atoms with Gasteiger partial charge >= 0.3 is 0 Å². The molecule has 3 atom stereocenters. The Morgan fingerprint density at radius 2 is 2.36 bits per heavy atom. The van der Waals surface area contributed by atoms with Crippen LogP contribution in [0, 0.1) is 12.3 Å². The molecule has 0 aromatic rings. The normalized spacial score (nSPS) is 31.0. The van der Waals surface area contributed by atoms with Crippen LogP contribution < -0.4 is 5.32 Å². The third-order valence-corrected chi connectivity index (χ3v) is 3.16. The maximum atomic E-state index is 5.35. The van der Waals surface area contributed by atoms with Crippen molar-refractivity contribution < 1.29 is 0 Å². The molecular weight excluding hydrogens is 172 g/mol. The van der Waals surface area contributed by atoms with Gasteiger partial charge in [-0.3, -0.25) is 0 Å². The number of hydrogen-bond donors (Lipinski definition) is 1. The fraction of sp³-hybridized carbons (Fsp3) is 0.833. The van der Waals surface area contributed by atoms with E-state index >= 15 is 0 Å². The molecule has 0 bridgehead atoms. The summed E-state index contributed by atoms with van der Waals surface area (Å²) in [6.45, 7) is 8.95. The molecule has 80 valence electrons. The van der Waals surface area contributed by atoms with Gasteiger partial charge in [0.1, 0.15) is 0 Å². The Bertz CT molecular complexity index is 207. The topological polar surface area (TPSA) is 15.3 Å². The van der Waals surface area contributed by atoms with Crippen LogP contribution in [0.1, 0.15) is 33.6 Å². The molecule has 14 heavy (non-hydrogen) atoms. The molecule has 1 aliphatic heterocycles. The number of hydrogen-bond acceptors (Lipinski definition) is 2. The lowest BCUT2D eigenvalue weighted by Gasteiger charge is -2.37. The summed E-state index contributed by atoms with van der Waals surface area (Å²) in [6, 6.07) is 1.51. The number of piperidine rings is 1. The van der Waals surface area contributed by atoms with Crippen molar-refractivity contribution in [2.75, 3.05) is 13.1 Å². The highest BCUT2D eigenvalue weighted by molar-refractivity contribution is 4.98. The number of rotatable bonds is 3. The second-order valence-corrected chi connectivity index (χ2v) is 4.25. The first-order valence-electron chi connectivity index (χ1n) is 5.63. The second-order valence-electron chi connectivity index (χ2n) is 4.25. The SMILES string of the molecule is C#CC(C)NC1CCN(CC)C(C)C1. The second kappa shape index (κ2) is 5.38. The highest BCUT2D eigenvalue weighted by Crippen LogP contribution is 2.16. The minimum atomic E-state index is 0.209. The summed E-state index contributed by atoms with van der Waals surface area (Å²) in [4.78, 5) is 2.53. The zero-order chi connectivity index (χ0) is 10.6. The maximum absolute atomic E-state index is 5.35. The molecule has 0 aromatic heterocycles. The van der Waals surface area contributed by atoms with Crippen molar-refractivity contribution in [1.82, 2.24) is 10.2 Å². The largest absolute Gasteiger partial charge is 0.301 e. The third kappa shape index (κ3) is 3.01. The summed E-state index contributed by atoms with van der Waals surface area (Å²) in [5.41, 5.74) is 0. The lowest BCUT2D eigenvalue weighted by atomic mass is 9.98. The fourth-order valence-corrected chi connectivity index (χ4v) is 2.24. The van der Waals surface area contributed by atoms with Crippen LogP contribution in [-0.2, 0) is 0 Å². The van der Waals surface area contributed by atoms with E-state index in [1.807, 2.05) is 0 Å². The van der Waals surface area contributed by atoms with Crippen molar-refractivity contribution in [2.45, 2.75) is 51.7 Å². The maximum Gasteiger partial charge on any atom is 0.0660 e. The Morgan fingerprint density at radius 3 is 2.86 bits per heavy atom. The fourth-order valence-electron chi connectivity index (χ4n) is 2.24. The molecule has 1 aliphatic rings. The quantitative estimate of drug-likeness (QED) is 0.684. The summed E-state index contributed by atoms with van der Waals surface area (Å²) in [5, 5.41) is 3.48. The minimum absolute atomic E-state index is 0.209. The lowest BCUT2D eigenvalue weighted by Crippen LogP contribution is -2.49. The van der Waals surface area contributed by atoms with E-state index in [1.165, 1.54) is 25.9 Å². The van der Waals surface area contributed by atoms with Gasteiger partial charge in [-0.1, -0.05) is 12.8 Å². The van der Waals surface area contributed by atoms with Crippen LogP contribution in [0.4, 0.5) is 0 Å². The van der Waals surface area contributed by atoms with Gasteiger partial charge < -0.3 is 10.2 Å². The van der Waals surface area contributed by atoms with Gasteiger partial charge in [-0.15, -0.1) is 6.42 Å². The predicted octanol–water partition coefficient (Wildman–Crippen LogP) is 1.47. The molecule has 1 fully saturated rings. The minimum Gasteiger partial charge on any atom is -0.301 e. The van der Waals surface area contributed by atoms with Gasteiger partial charge in [0.15, 0.2) is 0 Å². The first-order chi connectivity index (χ1) is 6.67. The van der Waals surface area contributed by atoms with Crippen molar-refractivity contribution in [3.63, 3.8) is 0 Å². The predicted molar refractivity (Wildman–Crippen MR) is 61.2 cm³/mol. The number of terminal acetylenes is 1. The number of likely N-dealkylation sites (tertiary alicyclic amines) is 1.